The topological polar surface area (TPSA) is 91.7 Å². The molecule has 0 aliphatic heterocycles. The standard InChI is InChI=1S/C12H12N2O4S/c1-18-10-4-7(15)2-3-8(10)9-6-19-11(14-9)5-13-12(16)17/h2-4,6,13,15H,5H2,1H3,(H,16,17). The Hall–Kier alpha value is -2.28. The maximum atomic E-state index is 10.4. The van der Waals surface area contributed by atoms with Crippen LogP contribution in [0.2, 0.25) is 0 Å². The molecule has 7 heteroatoms. The fourth-order valence-corrected chi connectivity index (χ4v) is 2.29. The first-order valence-electron chi connectivity index (χ1n) is 5.38. The molecule has 19 heavy (non-hydrogen) atoms. The third kappa shape index (κ3) is 3.14. The second kappa shape index (κ2) is 5.57. The Labute approximate surface area is 113 Å². The molecule has 0 spiro atoms. The van der Waals surface area contributed by atoms with Gasteiger partial charge in [-0.3, -0.25) is 0 Å². The number of hydrogen-bond acceptors (Lipinski definition) is 5. The highest BCUT2D eigenvalue weighted by Gasteiger charge is 2.11. The Morgan fingerprint density at radius 3 is 3.00 bits per heavy atom. The molecule has 1 amide bonds. The highest BCUT2D eigenvalue weighted by Crippen LogP contribution is 2.33. The third-order valence-corrected chi connectivity index (χ3v) is 3.25. The van der Waals surface area contributed by atoms with Crippen molar-refractivity contribution in [3.63, 3.8) is 0 Å². The molecule has 0 saturated carbocycles. The van der Waals surface area contributed by atoms with Crippen molar-refractivity contribution in [2.75, 3.05) is 7.11 Å². The number of phenolic OH excluding ortho intramolecular Hbond substituents is 1. The van der Waals surface area contributed by atoms with Gasteiger partial charge in [0.1, 0.15) is 16.5 Å². The molecular formula is C12H12N2O4S. The molecular weight excluding hydrogens is 268 g/mol. The number of thiazole rings is 1. The maximum absolute atomic E-state index is 10.4. The Morgan fingerprint density at radius 1 is 1.53 bits per heavy atom. The number of ether oxygens (including phenoxy) is 1. The molecule has 6 nitrogen and oxygen atoms in total. The zero-order valence-corrected chi connectivity index (χ0v) is 10.9. The van der Waals surface area contributed by atoms with Crippen molar-refractivity contribution in [1.29, 1.82) is 0 Å². The van der Waals surface area contributed by atoms with Gasteiger partial charge < -0.3 is 20.3 Å². The molecule has 0 aliphatic carbocycles. The van der Waals surface area contributed by atoms with Gasteiger partial charge in [0.05, 0.1) is 19.3 Å². The van der Waals surface area contributed by atoms with Gasteiger partial charge in [-0.05, 0) is 12.1 Å². The molecule has 1 heterocycles. The third-order valence-electron chi connectivity index (χ3n) is 2.40. The molecule has 100 valence electrons. The van der Waals surface area contributed by atoms with E-state index in [4.69, 9.17) is 9.84 Å². The fourth-order valence-electron chi connectivity index (χ4n) is 1.56. The Morgan fingerprint density at radius 2 is 2.32 bits per heavy atom. The summed E-state index contributed by atoms with van der Waals surface area (Å²) >= 11 is 1.35. The molecule has 0 aliphatic rings. The van der Waals surface area contributed by atoms with Crippen molar-refractivity contribution >= 4 is 17.4 Å². The minimum absolute atomic E-state index is 0.114. The largest absolute Gasteiger partial charge is 0.508 e. The highest BCUT2D eigenvalue weighted by atomic mass is 32.1. The number of aromatic nitrogens is 1. The first kappa shape index (κ1) is 13.2. The summed E-state index contributed by atoms with van der Waals surface area (Å²) in [5.74, 6) is 0.631. The van der Waals surface area contributed by atoms with Gasteiger partial charge in [-0.15, -0.1) is 11.3 Å². The summed E-state index contributed by atoms with van der Waals surface area (Å²) < 4.78 is 5.18. The van der Waals surface area contributed by atoms with E-state index < -0.39 is 6.09 Å². The molecule has 0 bridgehead atoms. The van der Waals surface area contributed by atoms with Crippen molar-refractivity contribution in [2.24, 2.45) is 0 Å². The van der Waals surface area contributed by atoms with Crippen LogP contribution in [-0.2, 0) is 6.54 Å². The number of nitrogens with one attached hydrogen (secondary N) is 1. The van der Waals surface area contributed by atoms with E-state index in [1.165, 1.54) is 24.5 Å². The molecule has 0 unspecified atom stereocenters. The maximum Gasteiger partial charge on any atom is 0.405 e. The van der Waals surface area contributed by atoms with Crippen LogP contribution in [0, 0.1) is 0 Å². The number of phenols is 1. The first-order valence-corrected chi connectivity index (χ1v) is 6.26. The smallest absolute Gasteiger partial charge is 0.405 e. The highest BCUT2D eigenvalue weighted by molar-refractivity contribution is 7.09. The van der Waals surface area contributed by atoms with Crippen LogP contribution in [0.25, 0.3) is 11.3 Å². The predicted octanol–water partition coefficient (Wildman–Crippen LogP) is 2.29. The Bertz CT molecular complexity index is 597. The lowest BCUT2D eigenvalue weighted by molar-refractivity contribution is 0.194. The lowest BCUT2D eigenvalue weighted by Crippen LogP contribution is -2.19. The molecule has 0 fully saturated rings. The van der Waals surface area contributed by atoms with Gasteiger partial charge >= 0.3 is 6.09 Å². The van der Waals surface area contributed by atoms with Crippen LogP contribution in [0.15, 0.2) is 23.6 Å². The first-order chi connectivity index (χ1) is 9.10. The van der Waals surface area contributed by atoms with Gasteiger partial charge in [-0.25, -0.2) is 9.78 Å². The molecule has 0 radical (unpaired) electrons. The van der Waals surface area contributed by atoms with E-state index >= 15 is 0 Å². The van der Waals surface area contributed by atoms with Gasteiger partial charge in [-0.1, -0.05) is 0 Å². The molecule has 0 atom stereocenters. The number of carboxylic acid groups (broad SMARTS) is 1. The summed E-state index contributed by atoms with van der Waals surface area (Å²) in [5, 5.41) is 22.7. The van der Waals surface area contributed by atoms with Crippen molar-refractivity contribution in [3.8, 4) is 22.8 Å². The van der Waals surface area contributed by atoms with Gasteiger partial charge in [0.2, 0.25) is 0 Å². The van der Waals surface area contributed by atoms with E-state index in [2.05, 4.69) is 10.3 Å². The van der Waals surface area contributed by atoms with E-state index in [-0.39, 0.29) is 12.3 Å². The summed E-state index contributed by atoms with van der Waals surface area (Å²) in [6.45, 7) is 0.167. The lowest BCUT2D eigenvalue weighted by Gasteiger charge is -2.06. The van der Waals surface area contributed by atoms with E-state index in [1.54, 1.807) is 12.1 Å². The number of aromatic hydroxyl groups is 1. The fraction of sp³-hybridized carbons (Fsp3) is 0.167. The zero-order chi connectivity index (χ0) is 13.8. The van der Waals surface area contributed by atoms with E-state index in [0.29, 0.717) is 16.5 Å². The van der Waals surface area contributed by atoms with Crippen LogP contribution in [0.5, 0.6) is 11.5 Å². The van der Waals surface area contributed by atoms with Crippen LogP contribution in [0.3, 0.4) is 0 Å². The predicted molar refractivity (Wildman–Crippen MR) is 70.6 cm³/mol. The number of nitrogens with zero attached hydrogens (tertiary/aromatic N) is 1. The van der Waals surface area contributed by atoms with E-state index in [1.807, 2.05) is 5.38 Å². The second-order valence-corrected chi connectivity index (χ2v) is 4.61. The summed E-state index contributed by atoms with van der Waals surface area (Å²) in [6, 6.07) is 4.76. The van der Waals surface area contributed by atoms with Crippen LogP contribution in [0.1, 0.15) is 5.01 Å². The van der Waals surface area contributed by atoms with Crippen molar-refractivity contribution in [3.05, 3.63) is 28.6 Å². The summed E-state index contributed by atoms with van der Waals surface area (Å²) in [5.41, 5.74) is 1.43. The number of carbonyl (C=O) groups is 1. The van der Waals surface area contributed by atoms with Gasteiger partial charge in [0, 0.05) is 17.0 Å². The summed E-state index contributed by atoms with van der Waals surface area (Å²) in [4.78, 5) is 14.7. The minimum Gasteiger partial charge on any atom is -0.508 e. The van der Waals surface area contributed by atoms with Crippen molar-refractivity contribution in [2.45, 2.75) is 6.54 Å². The number of methoxy groups -OCH3 is 1. The van der Waals surface area contributed by atoms with Crippen LogP contribution in [0.4, 0.5) is 4.79 Å². The number of rotatable bonds is 4. The number of benzene rings is 1. The van der Waals surface area contributed by atoms with Crippen molar-refractivity contribution in [1.82, 2.24) is 10.3 Å². The number of amides is 1. The van der Waals surface area contributed by atoms with Crippen LogP contribution in [-0.4, -0.2) is 28.4 Å². The lowest BCUT2D eigenvalue weighted by atomic mass is 10.1. The molecule has 2 rings (SSSR count). The van der Waals surface area contributed by atoms with Gasteiger partial charge in [-0.2, -0.15) is 0 Å². The number of hydrogen-bond donors (Lipinski definition) is 3. The molecule has 0 saturated heterocycles. The Kier molecular flexibility index (Phi) is 3.86. The van der Waals surface area contributed by atoms with Crippen molar-refractivity contribution < 1.29 is 19.7 Å². The van der Waals surface area contributed by atoms with E-state index in [9.17, 15) is 9.90 Å². The average molecular weight is 280 g/mol. The normalized spacial score (nSPS) is 10.2. The molecule has 2 aromatic rings. The second-order valence-electron chi connectivity index (χ2n) is 3.67. The van der Waals surface area contributed by atoms with E-state index in [0.717, 1.165) is 5.56 Å². The van der Waals surface area contributed by atoms with Gasteiger partial charge in [0.15, 0.2) is 0 Å². The monoisotopic (exact) mass is 280 g/mol. The zero-order valence-electron chi connectivity index (χ0n) is 10.1. The SMILES string of the molecule is COc1cc(O)ccc1-c1csc(CNC(=O)O)n1. The van der Waals surface area contributed by atoms with Crippen LogP contribution >= 0.6 is 11.3 Å². The molecule has 3 N–H and O–H groups in total. The molecule has 1 aromatic carbocycles. The van der Waals surface area contributed by atoms with Crippen LogP contribution < -0.4 is 10.1 Å². The summed E-state index contributed by atoms with van der Waals surface area (Å²) in [6.07, 6.45) is -1.08. The Balaban J connectivity index is 2.25. The molecule has 1 aromatic heterocycles. The average Bonchev–Trinajstić information content (AvgIpc) is 2.84. The minimum atomic E-state index is -1.08. The van der Waals surface area contributed by atoms with Gasteiger partial charge in [0.25, 0.3) is 0 Å². The summed E-state index contributed by atoms with van der Waals surface area (Å²) in [7, 11) is 1.51. The quantitative estimate of drug-likeness (QED) is 0.799.